The number of rotatable bonds is 11. The first-order chi connectivity index (χ1) is 27.0. The topological polar surface area (TPSA) is 193 Å². The molecular formula is C41H41N9O6. The fraction of sp³-hybridized carbons (Fsp3) is 0.293. The summed E-state index contributed by atoms with van der Waals surface area (Å²) in [5.74, 6) is -1.83. The van der Waals surface area contributed by atoms with Gasteiger partial charge in [-0.1, -0.05) is 30.3 Å². The minimum absolute atomic E-state index is 0.00414. The number of hydrogen-bond donors (Lipinski definition) is 5. The highest BCUT2D eigenvalue weighted by molar-refractivity contribution is 6.23. The second-order valence-electron chi connectivity index (χ2n) is 14.3. The average Bonchev–Trinajstić information content (AvgIpc) is 3.85. The van der Waals surface area contributed by atoms with Crippen LogP contribution in [0.2, 0.25) is 0 Å². The van der Waals surface area contributed by atoms with E-state index < -0.39 is 29.7 Å². The van der Waals surface area contributed by atoms with Crippen LogP contribution in [0.4, 0.5) is 11.4 Å². The Labute approximate surface area is 321 Å². The molecule has 3 aliphatic heterocycles. The molecular weight excluding hydrogens is 715 g/mol. The molecule has 1 atom stereocenters. The first-order valence-corrected chi connectivity index (χ1v) is 18.7. The number of carbonyl (C=O) groups is 6. The lowest BCUT2D eigenvalue weighted by Gasteiger charge is -2.36. The summed E-state index contributed by atoms with van der Waals surface area (Å²) in [6.45, 7) is 7.92. The Bertz CT molecular complexity index is 2410. The van der Waals surface area contributed by atoms with Crippen molar-refractivity contribution in [2.75, 3.05) is 56.0 Å². The van der Waals surface area contributed by atoms with Gasteiger partial charge in [0.15, 0.2) is 11.6 Å². The minimum Gasteiger partial charge on any atom is -0.376 e. The quantitative estimate of drug-likeness (QED) is 0.0985. The van der Waals surface area contributed by atoms with Crippen molar-refractivity contribution in [2.45, 2.75) is 32.7 Å². The molecule has 0 spiro atoms. The molecule has 2 fully saturated rings. The lowest BCUT2D eigenvalue weighted by molar-refractivity contribution is -0.136. The van der Waals surface area contributed by atoms with Gasteiger partial charge in [0, 0.05) is 73.9 Å². The summed E-state index contributed by atoms with van der Waals surface area (Å²) in [5, 5.41) is 8.14. The van der Waals surface area contributed by atoms with Crippen molar-refractivity contribution in [3.8, 4) is 22.6 Å². The number of fused-ring (bicyclic) bond motifs is 2. The highest BCUT2D eigenvalue weighted by Crippen LogP contribution is 2.37. The molecule has 5 aromatic rings. The summed E-state index contributed by atoms with van der Waals surface area (Å²) in [6, 6.07) is 19.7. The van der Waals surface area contributed by atoms with E-state index in [-0.39, 0.29) is 42.2 Å². The Morgan fingerprint density at radius 2 is 1.66 bits per heavy atom. The fourth-order valence-electron chi connectivity index (χ4n) is 7.86. The van der Waals surface area contributed by atoms with Crippen molar-refractivity contribution in [3.05, 3.63) is 89.1 Å². The van der Waals surface area contributed by atoms with Crippen molar-refractivity contribution in [3.63, 3.8) is 0 Å². The van der Waals surface area contributed by atoms with Crippen LogP contribution in [0.3, 0.4) is 0 Å². The third-order valence-electron chi connectivity index (χ3n) is 10.7. The largest absolute Gasteiger partial charge is 0.376 e. The average molecular weight is 756 g/mol. The number of imidazole rings is 1. The van der Waals surface area contributed by atoms with Crippen LogP contribution in [-0.4, -0.2) is 112 Å². The van der Waals surface area contributed by atoms with Crippen LogP contribution in [0.5, 0.6) is 0 Å². The number of piperazine rings is 1. The molecule has 2 saturated heterocycles. The minimum atomic E-state index is -1.04. The molecule has 0 saturated carbocycles. The maximum Gasteiger partial charge on any atom is 0.262 e. The molecule has 15 heteroatoms. The molecule has 0 aliphatic carbocycles. The van der Waals surface area contributed by atoms with Gasteiger partial charge in [0.2, 0.25) is 17.7 Å². The SMILES string of the molecule is CC(=O)c1c(C)[nH]c(-c2nc3ccc(N4CCN(CCNC(=O)CNc5ccc6c(c5)C(=O)N(C5CCC(=O)NC5=O)C6=O)CC4)cc3[nH]2)c1-c1ccccc1. The van der Waals surface area contributed by atoms with Gasteiger partial charge in [0.1, 0.15) is 6.04 Å². The van der Waals surface area contributed by atoms with E-state index in [4.69, 9.17) is 4.98 Å². The Morgan fingerprint density at radius 1 is 0.893 bits per heavy atom. The molecule has 0 bridgehead atoms. The summed E-state index contributed by atoms with van der Waals surface area (Å²) >= 11 is 0. The van der Waals surface area contributed by atoms with E-state index in [2.05, 4.69) is 47.9 Å². The van der Waals surface area contributed by atoms with Crippen molar-refractivity contribution in [1.29, 1.82) is 0 Å². The molecule has 5 heterocycles. The van der Waals surface area contributed by atoms with Gasteiger partial charge in [-0.25, -0.2) is 4.98 Å². The van der Waals surface area contributed by atoms with E-state index in [1.54, 1.807) is 13.0 Å². The van der Waals surface area contributed by atoms with E-state index >= 15 is 0 Å². The van der Waals surface area contributed by atoms with Crippen LogP contribution in [-0.2, 0) is 14.4 Å². The van der Waals surface area contributed by atoms with Crippen molar-refractivity contribution in [2.24, 2.45) is 0 Å². The number of aryl methyl sites for hydroxylation is 1. The molecule has 0 radical (unpaired) electrons. The Balaban J connectivity index is 0.822. The van der Waals surface area contributed by atoms with E-state index in [9.17, 15) is 28.8 Å². The number of ketones is 1. The zero-order valence-corrected chi connectivity index (χ0v) is 31.0. The monoisotopic (exact) mass is 755 g/mol. The first kappa shape index (κ1) is 36.4. The van der Waals surface area contributed by atoms with Gasteiger partial charge in [-0.15, -0.1) is 0 Å². The van der Waals surface area contributed by atoms with Gasteiger partial charge in [0.25, 0.3) is 11.8 Å². The van der Waals surface area contributed by atoms with Gasteiger partial charge in [0.05, 0.1) is 34.4 Å². The number of piperidine rings is 1. The highest BCUT2D eigenvalue weighted by Gasteiger charge is 2.44. The first-order valence-electron chi connectivity index (χ1n) is 18.7. The Hall–Kier alpha value is -6.61. The lowest BCUT2D eigenvalue weighted by atomic mass is 9.98. The number of amides is 5. The predicted octanol–water partition coefficient (Wildman–Crippen LogP) is 3.49. The number of nitrogens with one attached hydrogen (secondary N) is 5. The second-order valence-corrected chi connectivity index (χ2v) is 14.3. The zero-order valence-electron chi connectivity index (χ0n) is 31.0. The van der Waals surface area contributed by atoms with E-state index in [1.807, 2.05) is 43.3 Å². The Kier molecular flexibility index (Phi) is 9.68. The van der Waals surface area contributed by atoms with Crippen molar-refractivity contribution in [1.82, 2.24) is 35.4 Å². The number of nitrogens with zero attached hydrogens (tertiary/aromatic N) is 4. The summed E-state index contributed by atoms with van der Waals surface area (Å²) in [7, 11) is 0. The number of benzene rings is 3. The maximum atomic E-state index is 13.1. The van der Waals surface area contributed by atoms with E-state index in [1.165, 1.54) is 12.1 Å². The summed E-state index contributed by atoms with van der Waals surface area (Å²) in [6.07, 6.45) is 0.128. The number of carbonyl (C=O) groups excluding carboxylic acids is 6. The number of anilines is 2. The number of Topliss-reactive ketones (excluding diaryl/α,β-unsaturated/α-hetero) is 1. The van der Waals surface area contributed by atoms with Gasteiger partial charge in [-0.2, -0.15) is 0 Å². The Morgan fingerprint density at radius 3 is 2.41 bits per heavy atom. The molecule has 2 aromatic heterocycles. The van der Waals surface area contributed by atoms with Gasteiger partial charge in [-0.3, -0.25) is 43.9 Å². The number of hydrogen-bond acceptors (Lipinski definition) is 10. The second kappa shape index (κ2) is 14.9. The molecule has 1 unspecified atom stereocenters. The van der Waals surface area contributed by atoms with E-state index in [0.717, 1.165) is 70.3 Å². The van der Waals surface area contributed by atoms with E-state index in [0.29, 0.717) is 30.2 Å². The molecule has 286 valence electrons. The van der Waals surface area contributed by atoms with Crippen LogP contribution in [0.15, 0.2) is 66.7 Å². The van der Waals surface area contributed by atoms with Crippen LogP contribution in [0.25, 0.3) is 33.7 Å². The van der Waals surface area contributed by atoms with Crippen molar-refractivity contribution < 1.29 is 28.8 Å². The lowest BCUT2D eigenvalue weighted by Crippen LogP contribution is -2.54. The predicted molar refractivity (Wildman–Crippen MR) is 209 cm³/mol. The maximum absolute atomic E-state index is 13.1. The molecule has 15 nitrogen and oxygen atoms in total. The van der Waals surface area contributed by atoms with Gasteiger partial charge < -0.3 is 25.5 Å². The van der Waals surface area contributed by atoms with Gasteiger partial charge in [-0.05, 0) is 62.2 Å². The van der Waals surface area contributed by atoms with Crippen LogP contribution in [0, 0.1) is 6.92 Å². The molecule has 3 aromatic carbocycles. The fourth-order valence-corrected chi connectivity index (χ4v) is 7.86. The third-order valence-corrected chi connectivity index (χ3v) is 10.7. The number of H-pyrrole nitrogens is 2. The van der Waals surface area contributed by atoms with Crippen molar-refractivity contribution >= 4 is 57.7 Å². The molecule has 3 aliphatic rings. The molecule has 5 amide bonds. The zero-order chi connectivity index (χ0) is 39.1. The number of aromatic nitrogens is 3. The molecule has 56 heavy (non-hydrogen) atoms. The summed E-state index contributed by atoms with van der Waals surface area (Å²) in [5.41, 5.74) is 7.68. The summed E-state index contributed by atoms with van der Waals surface area (Å²) in [4.78, 5) is 92.6. The smallest absolute Gasteiger partial charge is 0.262 e. The number of aromatic amines is 2. The normalized spacial score (nSPS) is 17.4. The summed E-state index contributed by atoms with van der Waals surface area (Å²) < 4.78 is 0. The van der Waals surface area contributed by atoms with Crippen LogP contribution < -0.4 is 20.9 Å². The standard InChI is InChI=1S/C41H41N9O6/c1-23-35(24(2)51)36(25-6-4-3-5-7-25)37(44-23)38-45-30-11-9-27(21-31(30)46-38)49-18-16-48(17-19-49)15-14-42-34(53)22-43-26-8-10-28-29(20-26)41(56)50(40(28)55)32-12-13-33(52)47-39(32)54/h3-11,20-21,32,43-44H,12-19,22H2,1-2H3,(H,42,53)(H,45,46)(H,47,52,54). The van der Waals surface area contributed by atoms with Crippen LogP contribution >= 0.6 is 0 Å². The molecule has 8 rings (SSSR count). The van der Waals surface area contributed by atoms with Crippen LogP contribution in [0.1, 0.15) is 56.5 Å². The van der Waals surface area contributed by atoms with Gasteiger partial charge >= 0.3 is 0 Å². The number of imide groups is 2. The highest BCUT2D eigenvalue weighted by atomic mass is 16.2. The molecule has 5 N–H and O–H groups in total. The third kappa shape index (κ3) is 6.92.